The number of benzene rings is 2. The van der Waals surface area contributed by atoms with Crippen molar-refractivity contribution in [2.75, 3.05) is 12.4 Å². The number of rotatable bonds is 6. The Kier molecular flexibility index (Phi) is 5.16. The number of aryl methyl sites for hydroxylation is 1. The highest BCUT2D eigenvalue weighted by Gasteiger charge is 2.09. The molecule has 0 aliphatic carbocycles. The molecule has 0 saturated carbocycles. The molecule has 0 atom stereocenters. The number of nitrogens with one attached hydrogen (secondary N) is 1. The fourth-order valence-corrected chi connectivity index (χ4v) is 3.04. The molecule has 0 fully saturated rings. The maximum atomic E-state index is 12.5. The SMILES string of the molecule is COc1ccc(NC(=O)c2cccc(OCc3cn4cccc(C)c4n3)c2)cc1. The van der Waals surface area contributed by atoms with Gasteiger partial charge in [-0.1, -0.05) is 12.1 Å². The van der Waals surface area contributed by atoms with Gasteiger partial charge in [0.1, 0.15) is 23.8 Å². The smallest absolute Gasteiger partial charge is 0.255 e. The summed E-state index contributed by atoms with van der Waals surface area (Å²) < 4.78 is 13.0. The highest BCUT2D eigenvalue weighted by molar-refractivity contribution is 6.04. The molecule has 2 aromatic carbocycles. The van der Waals surface area contributed by atoms with Crippen LogP contribution in [0, 0.1) is 6.92 Å². The molecule has 6 heteroatoms. The first-order valence-corrected chi connectivity index (χ1v) is 9.24. The molecule has 0 bridgehead atoms. The molecule has 0 aliphatic rings. The van der Waals surface area contributed by atoms with Crippen LogP contribution in [0.1, 0.15) is 21.6 Å². The number of hydrogen-bond donors (Lipinski definition) is 1. The average Bonchev–Trinajstić information content (AvgIpc) is 3.18. The van der Waals surface area contributed by atoms with Gasteiger partial charge in [-0.2, -0.15) is 0 Å². The largest absolute Gasteiger partial charge is 0.497 e. The Morgan fingerprint density at radius 3 is 2.66 bits per heavy atom. The monoisotopic (exact) mass is 387 g/mol. The van der Waals surface area contributed by atoms with Crippen molar-refractivity contribution in [1.29, 1.82) is 0 Å². The number of ether oxygens (including phenoxy) is 2. The van der Waals surface area contributed by atoms with E-state index in [0.717, 1.165) is 22.7 Å². The summed E-state index contributed by atoms with van der Waals surface area (Å²) >= 11 is 0. The summed E-state index contributed by atoms with van der Waals surface area (Å²) in [6.45, 7) is 2.35. The molecule has 0 unspecified atom stereocenters. The molecule has 1 N–H and O–H groups in total. The molecular formula is C23H21N3O3. The molecule has 2 heterocycles. The first kappa shape index (κ1) is 18.6. The normalized spacial score (nSPS) is 10.7. The topological polar surface area (TPSA) is 64.9 Å². The second-order valence-corrected chi connectivity index (χ2v) is 6.65. The summed E-state index contributed by atoms with van der Waals surface area (Å²) in [6, 6.07) is 18.3. The van der Waals surface area contributed by atoms with E-state index in [1.54, 1.807) is 49.6 Å². The summed E-state index contributed by atoms with van der Waals surface area (Å²) in [4.78, 5) is 17.1. The highest BCUT2D eigenvalue weighted by Crippen LogP contribution is 2.19. The van der Waals surface area contributed by atoms with Crippen molar-refractivity contribution in [1.82, 2.24) is 9.38 Å². The lowest BCUT2D eigenvalue weighted by atomic mass is 10.2. The third kappa shape index (κ3) is 4.21. The van der Waals surface area contributed by atoms with Crippen LogP contribution >= 0.6 is 0 Å². The first-order chi connectivity index (χ1) is 14.1. The van der Waals surface area contributed by atoms with Gasteiger partial charge < -0.3 is 19.2 Å². The summed E-state index contributed by atoms with van der Waals surface area (Å²) in [5.74, 6) is 1.14. The molecule has 2 aromatic heterocycles. The number of carbonyl (C=O) groups is 1. The van der Waals surface area contributed by atoms with E-state index < -0.39 is 0 Å². The summed E-state index contributed by atoms with van der Waals surface area (Å²) in [6.07, 6.45) is 3.91. The maximum Gasteiger partial charge on any atom is 0.255 e. The van der Waals surface area contributed by atoms with Gasteiger partial charge in [0, 0.05) is 23.6 Å². The van der Waals surface area contributed by atoms with E-state index in [1.807, 2.05) is 41.9 Å². The number of nitrogens with zero attached hydrogens (tertiary/aromatic N) is 2. The van der Waals surface area contributed by atoms with Crippen molar-refractivity contribution in [3.63, 3.8) is 0 Å². The number of carbonyl (C=O) groups excluding carboxylic acids is 1. The van der Waals surface area contributed by atoms with Crippen LogP contribution in [-0.2, 0) is 6.61 Å². The number of aromatic nitrogens is 2. The van der Waals surface area contributed by atoms with Crippen molar-refractivity contribution in [3.05, 3.63) is 89.9 Å². The number of methoxy groups -OCH3 is 1. The van der Waals surface area contributed by atoms with Crippen LogP contribution in [0.4, 0.5) is 5.69 Å². The van der Waals surface area contributed by atoms with Crippen molar-refractivity contribution < 1.29 is 14.3 Å². The van der Waals surface area contributed by atoms with Gasteiger partial charge in [-0.25, -0.2) is 4.98 Å². The van der Waals surface area contributed by atoms with Crippen molar-refractivity contribution >= 4 is 17.2 Å². The molecule has 4 aromatic rings. The Bertz CT molecular complexity index is 1150. The van der Waals surface area contributed by atoms with E-state index >= 15 is 0 Å². The Morgan fingerprint density at radius 2 is 1.90 bits per heavy atom. The number of fused-ring (bicyclic) bond motifs is 1. The molecule has 6 nitrogen and oxygen atoms in total. The standard InChI is InChI=1S/C23H21N3O3/c1-16-5-4-12-26-14-19(24-22(16)26)15-29-21-7-3-6-17(13-21)23(27)25-18-8-10-20(28-2)11-9-18/h3-14H,15H2,1-2H3,(H,25,27). The Balaban J connectivity index is 1.43. The van der Waals surface area contributed by atoms with Crippen LogP contribution in [-0.4, -0.2) is 22.4 Å². The number of anilines is 1. The second-order valence-electron chi connectivity index (χ2n) is 6.65. The zero-order valence-electron chi connectivity index (χ0n) is 16.3. The van der Waals surface area contributed by atoms with Gasteiger partial charge in [0.05, 0.1) is 12.8 Å². The van der Waals surface area contributed by atoms with E-state index in [2.05, 4.69) is 10.3 Å². The number of amides is 1. The van der Waals surface area contributed by atoms with E-state index in [4.69, 9.17) is 9.47 Å². The van der Waals surface area contributed by atoms with Crippen LogP contribution < -0.4 is 14.8 Å². The van der Waals surface area contributed by atoms with E-state index in [-0.39, 0.29) is 5.91 Å². The number of imidazole rings is 1. The molecule has 0 saturated heterocycles. The average molecular weight is 387 g/mol. The first-order valence-electron chi connectivity index (χ1n) is 9.24. The number of hydrogen-bond acceptors (Lipinski definition) is 4. The van der Waals surface area contributed by atoms with Gasteiger partial charge in [0.2, 0.25) is 0 Å². The van der Waals surface area contributed by atoms with Crippen LogP contribution in [0.2, 0.25) is 0 Å². The summed E-state index contributed by atoms with van der Waals surface area (Å²) in [5, 5.41) is 2.87. The second kappa shape index (κ2) is 8.06. The highest BCUT2D eigenvalue weighted by atomic mass is 16.5. The van der Waals surface area contributed by atoms with Gasteiger partial charge in [-0.15, -0.1) is 0 Å². The minimum Gasteiger partial charge on any atom is -0.497 e. The molecule has 0 radical (unpaired) electrons. The zero-order chi connectivity index (χ0) is 20.2. The van der Waals surface area contributed by atoms with Gasteiger partial charge >= 0.3 is 0 Å². The molecule has 29 heavy (non-hydrogen) atoms. The lowest BCUT2D eigenvalue weighted by Gasteiger charge is -2.08. The lowest BCUT2D eigenvalue weighted by Crippen LogP contribution is -2.11. The molecule has 4 rings (SSSR count). The Hall–Kier alpha value is -3.80. The van der Waals surface area contributed by atoms with Crippen LogP contribution in [0.3, 0.4) is 0 Å². The van der Waals surface area contributed by atoms with Gasteiger partial charge in [0.25, 0.3) is 5.91 Å². The van der Waals surface area contributed by atoms with E-state index in [0.29, 0.717) is 23.6 Å². The maximum absolute atomic E-state index is 12.5. The summed E-state index contributed by atoms with van der Waals surface area (Å²) in [7, 11) is 1.60. The van der Waals surface area contributed by atoms with Gasteiger partial charge in [-0.05, 0) is 61.0 Å². The predicted molar refractivity (Wildman–Crippen MR) is 112 cm³/mol. The zero-order valence-corrected chi connectivity index (χ0v) is 16.3. The van der Waals surface area contributed by atoms with Crippen LogP contribution in [0.5, 0.6) is 11.5 Å². The fourth-order valence-electron chi connectivity index (χ4n) is 3.04. The van der Waals surface area contributed by atoms with Crippen molar-refractivity contribution in [3.8, 4) is 11.5 Å². The van der Waals surface area contributed by atoms with Crippen LogP contribution in [0.15, 0.2) is 73.1 Å². The van der Waals surface area contributed by atoms with Gasteiger partial charge in [0.15, 0.2) is 0 Å². The minimum atomic E-state index is -0.205. The van der Waals surface area contributed by atoms with Crippen molar-refractivity contribution in [2.45, 2.75) is 13.5 Å². The van der Waals surface area contributed by atoms with Crippen LogP contribution in [0.25, 0.3) is 5.65 Å². The molecule has 1 amide bonds. The number of pyridine rings is 1. The third-order valence-electron chi connectivity index (χ3n) is 4.56. The molecular weight excluding hydrogens is 366 g/mol. The lowest BCUT2D eigenvalue weighted by molar-refractivity contribution is 0.102. The van der Waals surface area contributed by atoms with E-state index in [9.17, 15) is 4.79 Å². The quantitative estimate of drug-likeness (QED) is 0.530. The molecule has 146 valence electrons. The van der Waals surface area contributed by atoms with E-state index in [1.165, 1.54) is 0 Å². The fraction of sp³-hybridized carbons (Fsp3) is 0.130. The molecule has 0 aliphatic heterocycles. The minimum absolute atomic E-state index is 0.205. The summed E-state index contributed by atoms with van der Waals surface area (Å²) in [5.41, 5.74) is 4.06. The Morgan fingerprint density at radius 1 is 1.07 bits per heavy atom. The third-order valence-corrected chi connectivity index (χ3v) is 4.56. The Labute approximate surface area is 168 Å². The van der Waals surface area contributed by atoms with Gasteiger partial charge in [-0.3, -0.25) is 4.79 Å². The van der Waals surface area contributed by atoms with Crippen molar-refractivity contribution in [2.24, 2.45) is 0 Å². The molecule has 0 spiro atoms. The predicted octanol–water partition coefficient (Wildman–Crippen LogP) is 4.48.